The van der Waals surface area contributed by atoms with Crippen molar-refractivity contribution in [2.45, 2.75) is 78.0 Å². The molecule has 0 saturated carbocycles. The first-order valence-corrected chi connectivity index (χ1v) is 10.6. The predicted molar refractivity (Wildman–Crippen MR) is 111 cm³/mol. The predicted octanol–water partition coefficient (Wildman–Crippen LogP) is 3.67. The summed E-state index contributed by atoms with van der Waals surface area (Å²) in [5.74, 6) is -0.150. The molecule has 2 rings (SSSR count). The average molecular weight is 423 g/mol. The molecule has 0 aliphatic carbocycles. The number of aryl methyl sites for hydroxylation is 1. The zero-order valence-electron chi connectivity index (χ0n) is 18.6. The Kier molecular flexibility index (Phi) is 9.59. The summed E-state index contributed by atoms with van der Waals surface area (Å²) >= 11 is 0. The molecule has 7 heteroatoms. The van der Waals surface area contributed by atoms with Crippen LogP contribution in [0.25, 0.3) is 0 Å². The summed E-state index contributed by atoms with van der Waals surface area (Å²) in [5.41, 5.74) is 1.23. The molecular formula is C23H34O7. The Hall–Kier alpha value is -2.12. The van der Waals surface area contributed by atoms with Gasteiger partial charge in [-0.15, -0.1) is 0 Å². The Morgan fingerprint density at radius 1 is 1.00 bits per heavy atom. The number of carbonyl (C=O) groups excluding carboxylic acids is 2. The van der Waals surface area contributed by atoms with Crippen LogP contribution in [0.4, 0.5) is 0 Å². The van der Waals surface area contributed by atoms with Crippen LogP contribution in [0.2, 0.25) is 0 Å². The number of methoxy groups -OCH3 is 1. The molecule has 0 bridgehead atoms. The van der Waals surface area contributed by atoms with Gasteiger partial charge in [0.25, 0.3) is 0 Å². The minimum absolute atomic E-state index is 0.113. The van der Waals surface area contributed by atoms with Gasteiger partial charge in [0, 0.05) is 26.4 Å². The Morgan fingerprint density at radius 3 is 2.20 bits per heavy atom. The van der Waals surface area contributed by atoms with Crippen LogP contribution in [0.5, 0.6) is 5.75 Å². The molecule has 5 unspecified atom stereocenters. The molecule has 0 N–H and O–H groups in total. The third-order valence-corrected chi connectivity index (χ3v) is 5.31. The maximum absolute atomic E-state index is 11.6. The first-order chi connectivity index (χ1) is 14.3. The molecule has 1 saturated heterocycles. The summed E-state index contributed by atoms with van der Waals surface area (Å²) in [4.78, 5) is 23.3. The van der Waals surface area contributed by atoms with Gasteiger partial charge in [-0.2, -0.15) is 0 Å². The third kappa shape index (κ3) is 6.99. The molecule has 5 atom stereocenters. The highest BCUT2D eigenvalue weighted by molar-refractivity contribution is 5.67. The number of carbonyl (C=O) groups is 2. The number of hydrogen-bond donors (Lipinski definition) is 0. The van der Waals surface area contributed by atoms with Gasteiger partial charge in [-0.25, -0.2) is 0 Å². The summed E-state index contributed by atoms with van der Waals surface area (Å²) in [7, 11) is 1.65. The summed E-state index contributed by atoms with van der Waals surface area (Å²) < 4.78 is 28.1. The monoisotopic (exact) mass is 422 g/mol. The van der Waals surface area contributed by atoms with Crippen LogP contribution in [0, 0.1) is 5.92 Å². The van der Waals surface area contributed by atoms with Crippen molar-refractivity contribution in [3.63, 3.8) is 0 Å². The fourth-order valence-corrected chi connectivity index (χ4v) is 3.74. The highest BCUT2D eigenvalue weighted by Crippen LogP contribution is 2.32. The number of ether oxygens (including phenoxy) is 5. The first kappa shape index (κ1) is 24.2. The SMILES string of the molecule is CCC1OC(OCCCCc2ccc(OC)cc2)C(OC(C)=O)C(OC(C)=O)C1C. The molecule has 0 spiro atoms. The van der Waals surface area contributed by atoms with Crippen LogP contribution >= 0.6 is 0 Å². The lowest BCUT2D eigenvalue weighted by atomic mass is 9.89. The van der Waals surface area contributed by atoms with Gasteiger partial charge < -0.3 is 23.7 Å². The van der Waals surface area contributed by atoms with Crippen molar-refractivity contribution in [2.24, 2.45) is 5.92 Å². The molecule has 1 fully saturated rings. The van der Waals surface area contributed by atoms with Crippen molar-refractivity contribution < 1.29 is 33.3 Å². The van der Waals surface area contributed by atoms with Gasteiger partial charge in [0.1, 0.15) is 11.9 Å². The van der Waals surface area contributed by atoms with Crippen molar-refractivity contribution in [2.75, 3.05) is 13.7 Å². The number of hydrogen-bond acceptors (Lipinski definition) is 7. The second-order valence-corrected chi connectivity index (χ2v) is 7.63. The zero-order valence-corrected chi connectivity index (χ0v) is 18.6. The van der Waals surface area contributed by atoms with E-state index in [1.807, 2.05) is 26.0 Å². The van der Waals surface area contributed by atoms with Crippen LogP contribution in [0.3, 0.4) is 0 Å². The third-order valence-electron chi connectivity index (χ3n) is 5.31. The Morgan fingerprint density at radius 2 is 1.63 bits per heavy atom. The normalized spacial score (nSPS) is 26.1. The first-order valence-electron chi connectivity index (χ1n) is 10.6. The highest BCUT2D eigenvalue weighted by Gasteiger charge is 2.47. The zero-order chi connectivity index (χ0) is 22.1. The van der Waals surface area contributed by atoms with Gasteiger partial charge in [-0.1, -0.05) is 26.0 Å². The smallest absolute Gasteiger partial charge is 0.303 e. The maximum Gasteiger partial charge on any atom is 0.303 e. The van der Waals surface area contributed by atoms with E-state index in [9.17, 15) is 9.59 Å². The largest absolute Gasteiger partial charge is 0.497 e. The topological polar surface area (TPSA) is 80.3 Å². The number of benzene rings is 1. The quantitative estimate of drug-likeness (QED) is 0.420. The number of esters is 2. The van der Waals surface area contributed by atoms with E-state index >= 15 is 0 Å². The molecule has 30 heavy (non-hydrogen) atoms. The van der Waals surface area contributed by atoms with Gasteiger partial charge in [-0.05, 0) is 43.4 Å². The lowest BCUT2D eigenvalue weighted by molar-refractivity contribution is -0.290. The van der Waals surface area contributed by atoms with E-state index in [2.05, 4.69) is 12.1 Å². The van der Waals surface area contributed by atoms with Gasteiger partial charge in [-0.3, -0.25) is 9.59 Å². The molecule has 0 radical (unpaired) electrons. The van der Waals surface area contributed by atoms with Crippen LogP contribution < -0.4 is 4.74 Å². The molecule has 7 nitrogen and oxygen atoms in total. The fourth-order valence-electron chi connectivity index (χ4n) is 3.74. The van der Waals surface area contributed by atoms with Crippen molar-refractivity contribution in [3.05, 3.63) is 29.8 Å². The lowest BCUT2D eigenvalue weighted by Crippen LogP contribution is -2.57. The molecule has 0 aromatic heterocycles. The van der Waals surface area contributed by atoms with Gasteiger partial charge >= 0.3 is 11.9 Å². The molecule has 1 aliphatic heterocycles. The van der Waals surface area contributed by atoms with E-state index in [0.717, 1.165) is 31.4 Å². The number of rotatable bonds is 10. The summed E-state index contributed by atoms with van der Waals surface area (Å²) in [6, 6.07) is 8.01. The molecule has 168 valence electrons. The number of unbranched alkanes of at least 4 members (excludes halogenated alkanes) is 1. The van der Waals surface area contributed by atoms with Crippen LogP contribution in [-0.2, 0) is 35.0 Å². The van der Waals surface area contributed by atoms with Crippen LogP contribution in [0.15, 0.2) is 24.3 Å². The second kappa shape index (κ2) is 11.9. The minimum Gasteiger partial charge on any atom is -0.497 e. The van der Waals surface area contributed by atoms with E-state index < -0.39 is 30.4 Å². The van der Waals surface area contributed by atoms with Gasteiger partial charge in [0.2, 0.25) is 0 Å². The maximum atomic E-state index is 11.6. The molecule has 0 amide bonds. The Balaban J connectivity index is 1.92. The highest BCUT2D eigenvalue weighted by atomic mass is 16.7. The van der Waals surface area contributed by atoms with Crippen molar-refractivity contribution in [1.29, 1.82) is 0 Å². The van der Waals surface area contributed by atoms with Crippen molar-refractivity contribution in [1.82, 2.24) is 0 Å². The minimum atomic E-state index is -0.786. The fraction of sp³-hybridized carbons (Fsp3) is 0.652. The standard InChI is InChI=1S/C23H34O7/c1-6-20-15(2)21(28-16(3)24)22(29-17(4)25)23(30-20)27-14-8-7-9-18-10-12-19(26-5)13-11-18/h10-13,15,20-23H,6-9,14H2,1-5H3. The Labute approximate surface area is 179 Å². The second-order valence-electron chi connectivity index (χ2n) is 7.63. The van der Waals surface area contributed by atoms with Crippen molar-refractivity contribution in [3.8, 4) is 5.75 Å². The summed E-state index contributed by atoms with van der Waals surface area (Å²) in [5, 5.41) is 0. The van der Waals surface area contributed by atoms with E-state index in [-0.39, 0.29) is 12.0 Å². The molecular weight excluding hydrogens is 388 g/mol. The molecule has 1 aliphatic rings. The average Bonchev–Trinajstić information content (AvgIpc) is 2.71. The van der Waals surface area contributed by atoms with Gasteiger partial charge in [0.05, 0.1) is 13.2 Å². The molecule has 1 aromatic rings. The van der Waals surface area contributed by atoms with Crippen LogP contribution in [0.1, 0.15) is 52.5 Å². The van der Waals surface area contributed by atoms with E-state index in [0.29, 0.717) is 6.61 Å². The summed E-state index contributed by atoms with van der Waals surface area (Å²) in [6.07, 6.45) is 1.13. The molecule has 1 aromatic carbocycles. The van der Waals surface area contributed by atoms with E-state index in [1.54, 1.807) is 7.11 Å². The summed E-state index contributed by atoms with van der Waals surface area (Å²) in [6.45, 7) is 7.07. The van der Waals surface area contributed by atoms with E-state index in [1.165, 1.54) is 19.4 Å². The van der Waals surface area contributed by atoms with Crippen molar-refractivity contribution >= 4 is 11.9 Å². The molecule has 1 heterocycles. The van der Waals surface area contributed by atoms with Gasteiger partial charge in [0.15, 0.2) is 12.4 Å². The lowest BCUT2D eigenvalue weighted by Gasteiger charge is -2.43. The Bertz CT molecular complexity index is 673. The van der Waals surface area contributed by atoms with E-state index in [4.69, 9.17) is 23.7 Å². The van der Waals surface area contributed by atoms with Crippen LogP contribution in [-0.4, -0.2) is 50.3 Å².